The van der Waals surface area contributed by atoms with Crippen LogP contribution in [0.1, 0.15) is 5.56 Å². The van der Waals surface area contributed by atoms with Crippen LogP contribution in [0, 0.1) is 0 Å². The predicted molar refractivity (Wildman–Crippen MR) is 94.9 cm³/mol. The summed E-state index contributed by atoms with van der Waals surface area (Å²) in [6.45, 7) is 0.835. The van der Waals surface area contributed by atoms with Crippen molar-refractivity contribution in [3.05, 3.63) is 78.8 Å². The van der Waals surface area contributed by atoms with Crippen molar-refractivity contribution in [1.29, 1.82) is 0 Å². The average molecular weight is 315 g/mol. The summed E-state index contributed by atoms with van der Waals surface area (Å²) >= 11 is 0. The maximum Gasteiger partial charge on any atom is 0.154 e. The third-order valence-corrected chi connectivity index (χ3v) is 3.90. The Labute approximate surface area is 140 Å². The van der Waals surface area contributed by atoms with E-state index in [4.69, 9.17) is 0 Å². The number of nitrogens with zero attached hydrogens (tertiary/aromatic N) is 4. The van der Waals surface area contributed by atoms with Gasteiger partial charge >= 0.3 is 0 Å². The van der Waals surface area contributed by atoms with Gasteiger partial charge in [0.05, 0.1) is 11.9 Å². The van der Waals surface area contributed by atoms with E-state index < -0.39 is 0 Å². The maximum atomic E-state index is 4.67. The zero-order valence-corrected chi connectivity index (χ0v) is 13.1. The molecule has 0 saturated heterocycles. The summed E-state index contributed by atoms with van der Waals surface area (Å²) in [6, 6.07) is 18.3. The highest BCUT2D eigenvalue weighted by atomic mass is 15.3. The van der Waals surface area contributed by atoms with E-state index in [1.165, 1.54) is 5.56 Å². The third-order valence-electron chi connectivity index (χ3n) is 3.90. The van der Waals surface area contributed by atoms with Crippen LogP contribution in [0.25, 0.3) is 16.9 Å². The Morgan fingerprint density at radius 3 is 2.58 bits per heavy atom. The first-order valence-corrected chi connectivity index (χ1v) is 7.93. The Morgan fingerprint density at radius 1 is 0.917 bits per heavy atom. The summed E-state index contributed by atoms with van der Waals surface area (Å²) < 4.78 is 1.86. The maximum absolute atomic E-state index is 4.67. The Kier molecular flexibility index (Phi) is 3.90. The monoisotopic (exact) mass is 315 g/mol. The number of pyridine rings is 1. The first kappa shape index (κ1) is 14.4. The molecule has 0 saturated carbocycles. The topological polar surface area (TPSA) is 55.1 Å². The van der Waals surface area contributed by atoms with Gasteiger partial charge in [0.15, 0.2) is 5.65 Å². The SMILES string of the molecule is c1ccc(CCNc2ccc3ncc(-c4ccncc4)n3n2)cc1. The van der Waals surface area contributed by atoms with E-state index >= 15 is 0 Å². The van der Waals surface area contributed by atoms with Crippen molar-refractivity contribution < 1.29 is 0 Å². The van der Waals surface area contributed by atoms with Gasteiger partial charge in [-0.1, -0.05) is 30.3 Å². The molecule has 4 aromatic rings. The lowest BCUT2D eigenvalue weighted by Crippen LogP contribution is -2.08. The second-order valence-corrected chi connectivity index (χ2v) is 5.53. The minimum absolute atomic E-state index is 0.829. The smallest absolute Gasteiger partial charge is 0.154 e. The molecule has 118 valence electrons. The molecule has 1 aromatic carbocycles. The second kappa shape index (κ2) is 6.50. The zero-order valence-electron chi connectivity index (χ0n) is 13.1. The molecule has 0 bridgehead atoms. The lowest BCUT2D eigenvalue weighted by atomic mass is 10.1. The molecule has 0 aliphatic heterocycles. The number of fused-ring (bicyclic) bond motifs is 1. The number of hydrogen-bond donors (Lipinski definition) is 1. The molecular formula is C19H17N5. The molecule has 5 nitrogen and oxygen atoms in total. The lowest BCUT2D eigenvalue weighted by molar-refractivity contribution is 0.920. The summed E-state index contributed by atoms with van der Waals surface area (Å²) in [5.74, 6) is 0.840. The quantitative estimate of drug-likeness (QED) is 0.613. The van der Waals surface area contributed by atoms with Gasteiger partial charge in [0.2, 0.25) is 0 Å². The molecule has 0 radical (unpaired) electrons. The molecule has 3 aromatic heterocycles. The van der Waals surface area contributed by atoms with Crippen molar-refractivity contribution in [1.82, 2.24) is 19.6 Å². The molecule has 24 heavy (non-hydrogen) atoms. The molecule has 4 rings (SSSR count). The molecule has 0 unspecified atom stereocenters. The van der Waals surface area contributed by atoms with Crippen molar-refractivity contribution in [3.8, 4) is 11.3 Å². The van der Waals surface area contributed by atoms with Crippen LogP contribution in [0.5, 0.6) is 0 Å². The predicted octanol–water partition coefficient (Wildman–Crippen LogP) is 3.45. The standard InChI is InChI=1S/C19H17N5/c1-2-4-15(5-3-1)8-13-21-18-6-7-19-22-14-17(24(19)23-18)16-9-11-20-12-10-16/h1-7,9-12,14H,8,13H2,(H,21,23). The van der Waals surface area contributed by atoms with Crippen LogP contribution in [0.3, 0.4) is 0 Å². The van der Waals surface area contributed by atoms with Gasteiger partial charge < -0.3 is 5.32 Å². The Bertz CT molecular complexity index is 932. The number of nitrogens with one attached hydrogen (secondary N) is 1. The van der Waals surface area contributed by atoms with Crippen LogP contribution in [0.2, 0.25) is 0 Å². The van der Waals surface area contributed by atoms with Gasteiger partial charge in [0, 0.05) is 24.5 Å². The molecule has 0 amide bonds. The molecule has 0 spiro atoms. The van der Waals surface area contributed by atoms with Crippen molar-refractivity contribution in [3.63, 3.8) is 0 Å². The van der Waals surface area contributed by atoms with Crippen molar-refractivity contribution >= 4 is 11.5 Å². The van der Waals surface area contributed by atoms with Crippen LogP contribution in [-0.2, 0) is 6.42 Å². The van der Waals surface area contributed by atoms with Crippen LogP contribution >= 0.6 is 0 Å². The van der Waals surface area contributed by atoms with E-state index in [-0.39, 0.29) is 0 Å². The fraction of sp³-hybridized carbons (Fsp3) is 0.105. The number of rotatable bonds is 5. The van der Waals surface area contributed by atoms with Gasteiger partial charge in [-0.05, 0) is 36.2 Å². The molecule has 0 atom stereocenters. The van der Waals surface area contributed by atoms with E-state index in [0.717, 1.165) is 35.7 Å². The molecular weight excluding hydrogens is 298 g/mol. The molecule has 0 aliphatic rings. The minimum Gasteiger partial charge on any atom is -0.368 e. The Hall–Kier alpha value is -3.21. The van der Waals surface area contributed by atoms with Crippen molar-refractivity contribution in [2.24, 2.45) is 0 Å². The zero-order chi connectivity index (χ0) is 16.2. The van der Waals surface area contributed by atoms with Crippen LogP contribution in [0.4, 0.5) is 5.82 Å². The van der Waals surface area contributed by atoms with E-state index in [9.17, 15) is 0 Å². The lowest BCUT2D eigenvalue weighted by Gasteiger charge is -2.07. The number of aromatic nitrogens is 4. The molecule has 0 aliphatic carbocycles. The fourth-order valence-electron chi connectivity index (χ4n) is 2.67. The van der Waals surface area contributed by atoms with E-state index in [2.05, 4.69) is 44.6 Å². The van der Waals surface area contributed by atoms with Crippen LogP contribution in [-0.4, -0.2) is 26.1 Å². The molecule has 1 N–H and O–H groups in total. The third kappa shape index (κ3) is 2.96. The first-order valence-electron chi connectivity index (χ1n) is 7.93. The van der Waals surface area contributed by atoms with Crippen LogP contribution in [0.15, 0.2) is 73.2 Å². The van der Waals surface area contributed by atoms with Gasteiger partial charge in [-0.25, -0.2) is 9.50 Å². The van der Waals surface area contributed by atoms with Crippen LogP contribution < -0.4 is 5.32 Å². The fourth-order valence-corrected chi connectivity index (χ4v) is 2.67. The van der Waals surface area contributed by atoms with Gasteiger partial charge in [-0.2, -0.15) is 0 Å². The normalized spacial score (nSPS) is 10.8. The molecule has 3 heterocycles. The van der Waals surface area contributed by atoms with Crippen molar-refractivity contribution in [2.75, 3.05) is 11.9 Å². The van der Waals surface area contributed by atoms with Gasteiger partial charge in [0.1, 0.15) is 5.82 Å². The number of imidazole rings is 1. The average Bonchev–Trinajstić information content (AvgIpc) is 3.07. The number of anilines is 1. The van der Waals surface area contributed by atoms with E-state index in [0.29, 0.717) is 0 Å². The van der Waals surface area contributed by atoms with Gasteiger partial charge in [-0.15, -0.1) is 5.10 Å². The number of benzene rings is 1. The highest BCUT2D eigenvalue weighted by Gasteiger charge is 2.07. The minimum atomic E-state index is 0.829. The summed E-state index contributed by atoms with van der Waals surface area (Å²) in [5, 5.41) is 8.05. The van der Waals surface area contributed by atoms with E-state index in [1.807, 2.05) is 41.0 Å². The summed E-state index contributed by atoms with van der Waals surface area (Å²) in [7, 11) is 0. The van der Waals surface area contributed by atoms with E-state index in [1.54, 1.807) is 12.4 Å². The van der Waals surface area contributed by atoms with Gasteiger partial charge in [0.25, 0.3) is 0 Å². The second-order valence-electron chi connectivity index (χ2n) is 5.53. The summed E-state index contributed by atoms with van der Waals surface area (Å²) in [6.07, 6.45) is 6.35. The Morgan fingerprint density at radius 2 is 1.75 bits per heavy atom. The summed E-state index contributed by atoms with van der Waals surface area (Å²) in [4.78, 5) is 8.48. The molecule has 5 heteroatoms. The highest BCUT2D eigenvalue weighted by Crippen LogP contribution is 2.19. The van der Waals surface area contributed by atoms with Crippen molar-refractivity contribution in [2.45, 2.75) is 6.42 Å². The highest BCUT2D eigenvalue weighted by molar-refractivity contribution is 5.63. The largest absolute Gasteiger partial charge is 0.368 e. The Balaban J connectivity index is 1.54. The summed E-state index contributed by atoms with van der Waals surface area (Å²) in [5.41, 5.74) is 4.15. The first-order chi connectivity index (χ1) is 11.9. The van der Waals surface area contributed by atoms with Gasteiger partial charge in [-0.3, -0.25) is 4.98 Å². The molecule has 0 fully saturated rings. The number of hydrogen-bond acceptors (Lipinski definition) is 4.